The first kappa shape index (κ1) is 16.5. The van der Waals surface area contributed by atoms with E-state index in [0.29, 0.717) is 23.5 Å². The normalized spacial score (nSPS) is 10.7. The van der Waals surface area contributed by atoms with E-state index in [2.05, 4.69) is 11.7 Å². The zero-order valence-electron chi connectivity index (χ0n) is 12.8. The monoisotopic (exact) mass is 315 g/mol. The number of rotatable bonds is 7. The summed E-state index contributed by atoms with van der Waals surface area (Å²) in [6.07, 6.45) is 3.64. The molecule has 0 fully saturated rings. The van der Waals surface area contributed by atoms with Crippen molar-refractivity contribution >= 4 is 6.21 Å². The highest BCUT2D eigenvalue weighted by Gasteiger charge is 2.12. The molecule has 0 amide bonds. The summed E-state index contributed by atoms with van der Waals surface area (Å²) in [5.74, 6) is 0.833. The van der Waals surface area contributed by atoms with E-state index in [1.807, 2.05) is 6.07 Å². The summed E-state index contributed by atoms with van der Waals surface area (Å²) in [5.41, 5.74) is 2.39. The predicted molar refractivity (Wildman–Crippen MR) is 87.0 cm³/mol. The van der Waals surface area contributed by atoms with Gasteiger partial charge < -0.3 is 14.7 Å². The van der Waals surface area contributed by atoms with E-state index < -0.39 is 0 Å². The van der Waals surface area contributed by atoms with Crippen molar-refractivity contribution in [3.63, 3.8) is 0 Å². The fraction of sp³-hybridized carbons (Fsp3) is 0.167. The molecule has 0 heterocycles. The number of benzene rings is 2. The minimum absolute atomic E-state index is 0.286. The number of hydrogen-bond acceptors (Lipinski definition) is 4. The zero-order chi connectivity index (χ0) is 16.7. The molecule has 0 aliphatic carbocycles. The Hall–Kier alpha value is -2.82. The highest BCUT2D eigenvalue weighted by molar-refractivity contribution is 5.81. The Morgan fingerprint density at radius 3 is 2.61 bits per heavy atom. The third kappa shape index (κ3) is 4.32. The van der Waals surface area contributed by atoms with Crippen LogP contribution in [0.3, 0.4) is 0 Å². The van der Waals surface area contributed by atoms with Crippen LogP contribution in [0.2, 0.25) is 0 Å². The molecule has 0 atom stereocenters. The van der Waals surface area contributed by atoms with Crippen LogP contribution in [0.4, 0.5) is 4.39 Å². The van der Waals surface area contributed by atoms with Crippen LogP contribution >= 0.6 is 0 Å². The minimum Gasteiger partial charge on any atom is -0.493 e. The van der Waals surface area contributed by atoms with E-state index in [9.17, 15) is 4.39 Å². The van der Waals surface area contributed by atoms with Crippen LogP contribution in [-0.2, 0) is 13.0 Å². The maximum Gasteiger partial charge on any atom is 0.165 e. The third-order valence-corrected chi connectivity index (χ3v) is 3.24. The van der Waals surface area contributed by atoms with Gasteiger partial charge in [0.15, 0.2) is 11.5 Å². The molecule has 0 aliphatic heterocycles. The van der Waals surface area contributed by atoms with Crippen molar-refractivity contribution in [1.82, 2.24) is 0 Å². The van der Waals surface area contributed by atoms with Crippen LogP contribution in [0.5, 0.6) is 11.5 Å². The van der Waals surface area contributed by atoms with Gasteiger partial charge in [0.05, 0.1) is 13.3 Å². The first-order chi connectivity index (χ1) is 11.2. The number of hydrogen-bond donors (Lipinski definition) is 1. The number of ether oxygens (including phenoxy) is 2. The lowest BCUT2D eigenvalue weighted by atomic mass is 10.1. The van der Waals surface area contributed by atoms with Gasteiger partial charge in [0.1, 0.15) is 12.4 Å². The minimum atomic E-state index is -0.286. The summed E-state index contributed by atoms with van der Waals surface area (Å²) >= 11 is 0. The van der Waals surface area contributed by atoms with Crippen LogP contribution in [0, 0.1) is 5.82 Å². The van der Waals surface area contributed by atoms with Crippen LogP contribution in [0.25, 0.3) is 0 Å². The highest BCUT2D eigenvalue weighted by Crippen LogP contribution is 2.33. The molecule has 4 nitrogen and oxygen atoms in total. The molecule has 0 spiro atoms. The average Bonchev–Trinajstić information content (AvgIpc) is 2.55. The zero-order valence-corrected chi connectivity index (χ0v) is 12.8. The number of oxime groups is 1. The molecule has 0 unspecified atom stereocenters. The summed E-state index contributed by atoms with van der Waals surface area (Å²) in [5, 5.41) is 11.7. The molecule has 23 heavy (non-hydrogen) atoms. The Kier molecular flexibility index (Phi) is 5.74. The fourth-order valence-electron chi connectivity index (χ4n) is 2.18. The van der Waals surface area contributed by atoms with Crippen molar-refractivity contribution in [3.8, 4) is 11.5 Å². The maximum absolute atomic E-state index is 12.9. The van der Waals surface area contributed by atoms with Crippen LogP contribution in [0.15, 0.2) is 54.2 Å². The molecule has 2 aromatic carbocycles. The molecule has 120 valence electrons. The molecule has 2 rings (SSSR count). The lowest BCUT2D eigenvalue weighted by Gasteiger charge is -2.15. The van der Waals surface area contributed by atoms with Crippen molar-refractivity contribution < 1.29 is 19.1 Å². The molecule has 5 heteroatoms. The molecule has 0 aliphatic rings. The van der Waals surface area contributed by atoms with E-state index >= 15 is 0 Å². The number of allylic oxidation sites excluding steroid dienone is 1. The van der Waals surface area contributed by atoms with E-state index in [4.69, 9.17) is 14.7 Å². The van der Waals surface area contributed by atoms with Crippen molar-refractivity contribution in [2.24, 2.45) is 5.16 Å². The lowest BCUT2D eigenvalue weighted by Crippen LogP contribution is -2.02. The standard InChI is InChI=1S/C18H18FNO3/c1-3-4-15-9-14(11-20-21)10-17(22-2)18(15)23-12-13-5-7-16(19)8-6-13/h3,5-11,21H,1,4,12H2,2H3/b20-11-. The SMILES string of the molecule is C=CCc1cc(/C=N\O)cc(OC)c1OCc1ccc(F)cc1. The largest absolute Gasteiger partial charge is 0.493 e. The number of methoxy groups -OCH3 is 1. The quantitative estimate of drug-likeness (QED) is 0.364. The Morgan fingerprint density at radius 1 is 1.26 bits per heavy atom. The molecular formula is C18H18FNO3. The predicted octanol–water partition coefficient (Wildman–Crippen LogP) is 3.95. The maximum atomic E-state index is 12.9. The van der Waals surface area contributed by atoms with E-state index in [0.717, 1.165) is 11.1 Å². The summed E-state index contributed by atoms with van der Waals surface area (Å²) in [7, 11) is 1.54. The van der Waals surface area contributed by atoms with Gasteiger partial charge in [-0.25, -0.2) is 4.39 Å². The Morgan fingerprint density at radius 2 is 2.00 bits per heavy atom. The van der Waals surface area contributed by atoms with Crippen molar-refractivity contribution in [3.05, 3.63) is 71.6 Å². The fourth-order valence-corrected chi connectivity index (χ4v) is 2.18. The average molecular weight is 315 g/mol. The van der Waals surface area contributed by atoms with E-state index in [1.54, 1.807) is 24.3 Å². The molecule has 0 bridgehead atoms. The molecule has 0 saturated carbocycles. The van der Waals surface area contributed by atoms with Gasteiger partial charge in [-0.3, -0.25) is 0 Å². The lowest BCUT2D eigenvalue weighted by molar-refractivity contribution is 0.281. The van der Waals surface area contributed by atoms with Crippen molar-refractivity contribution in [2.75, 3.05) is 7.11 Å². The van der Waals surface area contributed by atoms with E-state index in [1.165, 1.54) is 25.5 Å². The van der Waals surface area contributed by atoms with Crippen LogP contribution in [-0.4, -0.2) is 18.5 Å². The number of nitrogens with zero attached hydrogens (tertiary/aromatic N) is 1. The van der Waals surface area contributed by atoms with Gasteiger partial charge in [0.2, 0.25) is 0 Å². The summed E-state index contributed by atoms with van der Waals surface area (Å²) in [4.78, 5) is 0. The second kappa shape index (κ2) is 7.98. The second-order valence-electron chi connectivity index (χ2n) is 4.86. The Bertz CT molecular complexity index is 696. The van der Waals surface area contributed by atoms with Crippen molar-refractivity contribution in [2.45, 2.75) is 13.0 Å². The summed E-state index contributed by atoms with van der Waals surface area (Å²) < 4.78 is 24.2. The summed E-state index contributed by atoms with van der Waals surface area (Å²) in [6, 6.07) is 9.67. The molecule has 0 radical (unpaired) electrons. The van der Waals surface area contributed by atoms with Gasteiger partial charge in [-0.15, -0.1) is 6.58 Å². The molecule has 2 aromatic rings. The molecular weight excluding hydrogens is 297 g/mol. The molecule has 0 aromatic heterocycles. The third-order valence-electron chi connectivity index (χ3n) is 3.24. The Labute approximate surface area is 134 Å². The molecule has 0 saturated heterocycles. The topological polar surface area (TPSA) is 51.1 Å². The van der Waals surface area contributed by atoms with Gasteiger partial charge in [0.25, 0.3) is 0 Å². The van der Waals surface area contributed by atoms with Gasteiger partial charge in [0, 0.05) is 11.1 Å². The van der Waals surface area contributed by atoms with Crippen LogP contribution in [0.1, 0.15) is 16.7 Å². The smallest absolute Gasteiger partial charge is 0.165 e. The van der Waals surface area contributed by atoms with Gasteiger partial charge >= 0.3 is 0 Å². The van der Waals surface area contributed by atoms with E-state index in [-0.39, 0.29) is 12.4 Å². The van der Waals surface area contributed by atoms with Gasteiger partial charge in [-0.1, -0.05) is 23.4 Å². The van der Waals surface area contributed by atoms with Crippen molar-refractivity contribution in [1.29, 1.82) is 0 Å². The molecule has 1 N–H and O–H groups in total. The highest BCUT2D eigenvalue weighted by atomic mass is 19.1. The summed E-state index contributed by atoms with van der Waals surface area (Å²) in [6.45, 7) is 4.02. The van der Waals surface area contributed by atoms with Gasteiger partial charge in [-0.2, -0.15) is 0 Å². The first-order valence-corrected chi connectivity index (χ1v) is 7.04. The number of halogens is 1. The van der Waals surface area contributed by atoms with Crippen LogP contribution < -0.4 is 9.47 Å². The second-order valence-corrected chi connectivity index (χ2v) is 4.86. The van der Waals surface area contributed by atoms with Gasteiger partial charge in [-0.05, 0) is 36.2 Å². The first-order valence-electron chi connectivity index (χ1n) is 7.04. The Balaban J connectivity index is 2.30.